The van der Waals surface area contributed by atoms with E-state index in [0.717, 1.165) is 12.1 Å². The van der Waals surface area contributed by atoms with Crippen LogP contribution in [0.3, 0.4) is 0 Å². The van der Waals surface area contributed by atoms with Gasteiger partial charge in [-0.25, -0.2) is 4.79 Å². The number of ether oxygens (including phenoxy) is 1. The molecule has 122 valence electrons. The maximum absolute atomic E-state index is 11.8. The fourth-order valence-corrected chi connectivity index (χ4v) is 1.49. The Balaban J connectivity index is 2.43. The standard InChI is InChI=1S/C14H20N2O6/c1-14(2,3)22-13(21)16-5-4-15-12(20)8-6-9(17)11(19)10(18)7-8/h6-7,17-19H,4-5H2,1-3H3,(H,15,20)(H,16,21). The molecule has 0 fully saturated rings. The Kier molecular flexibility index (Phi) is 5.44. The number of benzene rings is 1. The molecule has 0 spiro atoms. The van der Waals surface area contributed by atoms with Crippen molar-refractivity contribution in [2.75, 3.05) is 13.1 Å². The van der Waals surface area contributed by atoms with Crippen LogP contribution >= 0.6 is 0 Å². The number of aromatic hydroxyl groups is 3. The first kappa shape index (κ1) is 17.4. The summed E-state index contributed by atoms with van der Waals surface area (Å²) in [6, 6.07) is 2.04. The van der Waals surface area contributed by atoms with Crippen molar-refractivity contribution in [1.29, 1.82) is 0 Å². The highest BCUT2D eigenvalue weighted by Gasteiger charge is 2.16. The highest BCUT2D eigenvalue weighted by atomic mass is 16.6. The topological polar surface area (TPSA) is 128 Å². The van der Waals surface area contributed by atoms with Crippen molar-refractivity contribution < 1.29 is 29.6 Å². The lowest BCUT2D eigenvalue weighted by Gasteiger charge is -2.19. The van der Waals surface area contributed by atoms with Crippen LogP contribution in [0, 0.1) is 0 Å². The number of carbonyl (C=O) groups is 2. The molecule has 0 heterocycles. The molecule has 1 aromatic rings. The van der Waals surface area contributed by atoms with Gasteiger partial charge in [0.05, 0.1) is 0 Å². The molecule has 0 atom stereocenters. The molecule has 0 aliphatic rings. The Bertz CT molecular complexity index is 542. The number of amides is 2. The zero-order valence-electron chi connectivity index (χ0n) is 12.6. The predicted molar refractivity (Wildman–Crippen MR) is 78.0 cm³/mol. The van der Waals surface area contributed by atoms with E-state index in [1.807, 2.05) is 0 Å². The minimum atomic E-state index is -0.692. The molecular weight excluding hydrogens is 292 g/mol. The number of rotatable bonds is 4. The minimum Gasteiger partial charge on any atom is -0.504 e. The monoisotopic (exact) mass is 312 g/mol. The Hall–Kier alpha value is -2.64. The lowest BCUT2D eigenvalue weighted by molar-refractivity contribution is 0.0526. The van der Waals surface area contributed by atoms with Gasteiger partial charge < -0.3 is 30.7 Å². The molecule has 0 saturated carbocycles. The molecule has 2 amide bonds. The van der Waals surface area contributed by atoms with E-state index in [9.17, 15) is 24.9 Å². The Morgan fingerprint density at radius 2 is 1.55 bits per heavy atom. The Labute approximate surface area is 127 Å². The number of alkyl carbamates (subject to hydrolysis) is 1. The minimum absolute atomic E-state index is 0.0231. The predicted octanol–water partition coefficient (Wildman–Crippen LogP) is 1.06. The summed E-state index contributed by atoms with van der Waals surface area (Å²) in [6.45, 7) is 5.48. The first-order valence-electron chi connectivity index (χ1n) is 6.60. The number of hydrogen-bond acceptors (Lipinski definition) is 6. The molecule has 8 nitrogen and oxygen atoms in total. The van der Waals surface area contributed by atoms with Gasteiger partial charge in [0.25, 0.3) is 5.91 Å². The zero-order chi connectivity index (χ0) is 16.9. The van der Waals surface area contributed by atoms with E-state index in [1.54, 1.807) is 20.8 Å². The summed E-state index contributed by atoms with van der Waals surface area (Å²) in [6.07, 6.45) is -0.596. The summed E-state index contributed by atoms with van der Waals surface area (Å²) < 4.78 is 5.02. The van der Waals surface area contributed by atoms with E-state index in [-0.39, 0.29) is 18.7 Å². The van der Waals surface area contributed by atoms with E-state index in [4.69, 9.17) is 4.74 Å². The van der Waals surface area contributed by atoms with E-state index < -0.39 is 34.9 Å². The van der Waals surface area contributed by atoms with Gasteiger partial charge in [-0.15, -0.1) is 0 Å². The Morgan fingerprint density at radius 3 is 2.05 bits per heavy atom. The molecule has 0 saturated heterocycles. The number of phenolic OH excluding ortho intramolecular Hbond substituents is 3. The second-order valence-corrected chi connectivity index (χ2v) is 5.55. The van der Waals surface area contributed by atoms with Crippen molar-refractivity contribution in [3.63, 3.8) is 0 Å². The fraction of sp³-hybridized carbons (Fsp3) is 0.429. The number of phenols is 3. The van der Waals surface area contributed by atoms with Crippen LogP contribution < -0.4 is 10.6 Å². The SMILES string of the molecule is CC(C)(C)OC(=O)NCCNC(=O)c1cc(O)c(O)c(O)c1. The molecule has 0 radical (unpaired) electrons. The molecule has 5 N–H and O–H groups in total. The maximum Gasteiger partial charge on any atom is 0.407 e. The smallest absolute Gasteiger partial charge is 0.407 e. The second kappa shape index (κ2) is 6.88. The summed E-state index contributed by atoms with van der Waals surface area (Å²) in [5.41, 5.74) is -0.626. The summed E-state index contributed by atoms with van der Waals surface area (Å²) in [7, 11) is 0. The lowest BCUT2D eigenvalue weighted by atomic mass is 10.1. The van der Waals surface area contributed by atoms with Crippen LogP contribution in [0.5, 0.6) is 17.2 Å². The lowest BCUT2D eigenvalue weighted by Crippen LogP contribution is -2.37. The van der Waals surface area contributed by atoms with Crippen LogP contribution in [-0.2, 0) is 4.74 Å². The van der Waals surface area contributed by atoms with Gasteiger partial charge in [-0.3, -0.25) is 4.79 Å². The molecule has 0 aromatic heterocycles. The van der Waals surface area contributed by atoms with Crippen LogP contribution in [0.4, 0.5) is 4.79 Å². The average molecular weight is 312 g/mol. The first-order chi connectivity index (χ1) is 10.1. The Morgan fingerprint density at radius 1 is 1.05 bits per heavy atom. The number of carbonyl (C=O) groups excluding carboxylic acids is 2. The molecule has 0 aliphatic carbocycles. The van der Waals surface area contributed by atoms with E-state index in [2.05, 4.69) is 10.6 Å². The first-order valence-corrected chi connectivity index (χ1v) is 6.60. The van der Waals surface area contributed by atoms with Gasteiger partial charge in [-0.1, -0.05) is 0 Å². The molecule has 22 heavy (non-hydrogen) atoms. The number of hydrogen-bond donors (Lipinski definition) is 5. The average Bonchev–Trinajstić information content (AvgIpc) is 2.38. The molecule has 8 heteroatoms. The second-order valence-electron chi connectivity index (χ2n) is 5.55. The molecular formula is C14H20N2O6. The highest BCUT2D eigenvalue weighted by Crippen LogP contribution is 2.35. The van der Waals surface area contributed by atoms with E-state index in [1.165, 1.54) is 0 Å². The van der Waals surface area contributed by atoms with E-state index in [0.29, 0.717) is 0 Å². The summed E-state index contributed by atoms with van der Waals surface area (Å²) >= 11 is 0. The third-order valence-corrected chi connectivity index (χ3v) is 2.41. The van der Waals surface area contributed by atoms with Gasteiger partial charge in [0.15, 0.2) is 17.2 Å². The van der Waals surface area contributed by atoms with Crippen molar-refractivity contribution in [3.05, 3.63) is 17.7 Å². The molecule has 0 unspecified atom stereocenters. The quantitative estimate of drug-likeness (QED) is 0.418. The van der Waals surface area contributed by atoms with Crippen LogP contribution in [0.1, 0.15) is 31.1 Å². The summed E-state index contributed by atoms with van der Waals surface area (Å²) in [4.78, 5) is 23.1. The van der Waals surface area contributed by atoms with Gasteiger partial charge in [-0.05, 0) is 32.9 Å². The number of nitrogens with one attached hydrogen (secondary N) is 2. The van der Waals surface area contributed by atoms with Gasteiger partial charge in [-0.2, -0.15) is 0 Å². The third-order valence-electron chi connectivity index (χ3n) is 2.41. The molecule has 1 rings (SSSR count). The summed E-state index contributed by atoms with van der Waals surface area (Å²) in [5.74, 6) is -2.46. The van der Waals surface area contributed by atoms with Crippen molar-refractivity contribution >= 4 is 12.0 Å². The fourth-order valence-electron chi connectivity index (χ4n) is 1.49. The summed E-state index contributed by atoms with van der Waals surface area (Å²) in [5, 5.41) is 32.8. The van der Waals surface area contributed by atoms with Crippen LogP contribution in [0.2, 0.25) is 0 Å². The van der Waals surface area contributed by atoms with E-state index >= 15 is 0 Å². The van der Waals surface area contributed by atoms with Gasteiger partial charge in [0.2, 0.25) is 0 Å². The molecule has 1 aromatic carbocycles. The third kappa shape index (κ3) is 5.39. The van der Waals surface area contributed by atoms with Crippen molar-refractivity contribution in [3.8, 4) is 17.2 Å². The van der Waals surface area contributed by atoms with Gasteiger partial charge in [0.1, 0.15) is 5.60 Å². The highest BCUT2D eigenvalue weighted by molar-refractivity contribution is 5.95. The van der Waals surface area contributed by atoms with Gasteiger partial charge >= 0.3 is 6.09 Å². The molecule has 0 aliphatic heterocycles. The van der Waals surface area contributed by atoms with Crippen LogP contribution in [0.15, 0.2) is 12.1 Å². The molecule has 0 bridgehead atoms. The van der Waals surface area contributed by atoms with Crippen LogP contribution in [0.25, 0.3) is 0 Å². The van der Waals surface area contributed by atoms with Crippen molar-refractivity contribution in [2.45, 2.75) is 26.4 Å². The maximum atomic E-state index is 11.8. The zero-order valence-corrected chi connectivity index (χ0v) is 12.6. The van der Waals surface area contributed by atoms with Gasteiger partial charge in [0, 0.05) is 18.7 Å². The largest absolute Gasteiger partial charge is 0.504 e. The van der Waals surface area contributed by atoms with Crippen LogP contribution in [-0.4, -0.2) is 46.0 Å². The van der Waals surface area contributed by atoms with Crippen molar-refractivity contribution in [2.24, 2.45) is 0 Å². The van der Waals surface area contributed by atoms with Crippen molar-refractivity contribution in [1.82, 2.24) is 10.6 Å². The normalized spacial score (nSPS) is 10.9.